The quantitative estimate of drug-likeness (QED) is 0.678. The van der Waals surface area contributed by atoms with Gasteiger partial charge in [-0.05, 0) is 42.7 Å². The van der Waals surface area contributed by atoms with E-state index < -0.39 is 11.7 Å². The number of para-hydroxylation sites is 2. The summed E-state index contributed by atoms with van der Waals surface area (Å²) >= 11 is 0. The maximum atomic E-state index is 12.5. The van der Waals surface area contributed by atoms with Gasteiger partial charge in [-0.15, -0.1) is 0 Å². The van der Waals surface area contributed by atoms with Crippen molar-refractivity contribution in [3.05, 3.63) is 65.5 Å². The molecule has 0 saturated heterocycles. The number of alkyl halides is 3. The number of benzene rings is 2. The number of fused-ring (bicyclic) bond motifs is 1. The largest absolute Gasteiger partial charge is 0.416 e. The van der Waals surface area contributed by atoms with E-state index in [1.807, 2.05) is 31.3 Å². The molecular formula is C18H17F3N2. The Morgan fingerprint density at radius 1 is 0.957 bits per heavy atom. The molecule has 1 aromatic heterocycles. The number of hydrogen-bond acceptors (Lipinski definition) is 1. The van der Waals surface area contributed by atoms with E-state index in [-0.39, 0.29) is 0 Å². The second-order valence-corrected chi connectivity index (χ2v) is 5.62. The molecule has 0 bridgehead atoms. The first-order valence-corrected chi connectivity index (χ1v) is 7.51. The maximum Gasteiger partial charge on any atom is 0.416 e. The number of imidazole rings is 1. The Labute approximate surface area is 132 Å². The van der Waals surface area contributed by atoms with Crippen LogP contribution < -0.4 is 0 Å². The first-order valence-electron chi connectivity index (χ1n) is 7.51. The lowest BCUT2D eigenvalue weighted by Crippen LogP contribution is -2.04. The van der Waals surface area contributed by atoms with Crippen LogP contribution in [-0.2, 0) is 26.1 Å². The van der Waals surface area contributed by atoms with Crippen molar-refractivity contribution in [2.45, 2.75) is 25.4 Å². The van der Waals surface area contributed by atoms with Gasteiger partial charge in [0, 0.05) is 13.5 Å². The third-order valence-electron chi connectivity index (χ3n) is 4.03. The highest BCUT2D eigenvalue weighted by atomic mass is 19.4. The molecule has 0 saturated carbocycles. The van der Waals surface area contributed by atoms with Crippen molar-refractivity contribution in [1.29, 1.82) is 0 Å². The number of halogens is 3. The Morgan fingerprint density at radius 3 is 2.30 bits per heavy atom. The normalized spacial score (nSPS) is 12.0. The Bertz CT molecular complexity index is 801. The van der Waals surface area contributed by atoms with Crippen LogP contribution in [-0.4, -0.2) is 9.55 Å². The molecule has 1 heterocycles. The van der Waals surface area contributed by atoms with Gasteiger partial charge in [-0.1, -0.05) is 24.3 Å². The van der Waals surface area contributed by atoms with Gasteiger partial charge in [0.2, 0.25) is 0 Å². The number of aromatic nitrogens is 2. The molecule has 3 aromatic rings. The fourth-order valence-electron chi connectivity index (χ4n) is 2.73. The summed E-state index contributed by atoms with van der Waals surface area (Å²) in [7, 11) is 1.99. The predicted octanol–water partition coefficient (Wildman–Crippen LogP) is 4.77. The molecule has 0 N–H and O–H groups in total. The van der Waals surface area contributed by atoms with Gasteiger partial charge in [0.25, 0.3) is 0 Å². The molecule has 2 nitrogen and oxygen atoms in total. The van der Waals surface area contributed by atoms with Crippen molar-refractivity contribution in [2.75, 3.05) is 0 Å². The molecule has 0 unspecified atom stereocenters. The summed E-state index contributed by atoms with van der Waals surface area (Å²) in [6, 6.07) is 13.3. The molecule has 0 aliphatic rings. The zero-order valence-electron chi connectivity index (χ0n) is 12.8. The highest BCUT2D eigenvalue weighted by molar-refractivity contribution is 5.75. The summed E-state index contributed by atoms with van der Waals surface area (Å²) in [5.41, 5.74) is 2.38. The molecule has 0 fully saturated rings. The first kappa shape index (κ1) is 15.6. The molecule has 5 heteroatoms. The highest BCUT2D eigenvalue weighted by Crippen LogP contribution is 2.29. The SMILES string of the molecule is Cn1c(CCCc2ccc(C(F)(F)F)cc2)nc2ccccc21. The summed E-state index contributed by atoms with van der Waals surface area (Å²) in [4.78, 5) is 4.60. The van der Waals surface area contributed by atoms with Crippen LogP contribution in [0.1, 0.15) is 23.4 Å². The van der Waals surface area contributed by atoms with Gasteiger partial charge < -0.3 is 4.57 Å². The molecule has 0 radical (unpaired) electrons. The van der Waals surface area contributed by atoms with Crippen LogP contribution in [0.4, 0.5) is 13.2 Å². The molecule has 2 aromatic carbocycles. The lowest BCUT2D eigenvalue weighted by Gasteiger charge is -2.07. The second kappa shape index (κ2) is 6.07. The van der Waals surface area contributed by atoms with Gasteiger partial charge in [-0.25, -0.2) is 4.98 Å². The van der Waals surface area contributed by atoms with Crippen LogP contribution in [0.3, 0.4) is 0 Å². The fourth-order valence-corrected chi connectivity index (χ4v) is 2.73. The third kappa shape index (κ3) is 3.38. The third-order valence-corrected chi connectivity index (χ3v) is 4.03. The van der Waals surface area contributed by atoms with Crippen molar-refractivity contribution in [2.24, 2.45) is 7.05 Å². The van der Waals surface area contributed by atoms with Crippen molar-refractivity contribution in [1.82, 2.24) is 9.55 Å². The summed E-state index contributed by atoms with van der Waals surface area (Å²) in [5, 5.41) is 0. The van der Waals surface area contributed by atoms with E-state index in [2.05, 4.69) is 9.55 Å². The molecule has 0 atom stereocenters. The van der Waals surface area contributed by atoms with Gasteiger partial charge in [0.15, 0.2) is 0 Å². The Balaban J connectivity index is 1.63. The van der Waals surface area contributed by atoms with Crippen LogP contribution in [0.5, 0.6) is 0 Å². The average molecular weight is 318 g/mol. The summed E-state index contributed by atoms with van der Waals surface area (Å²) in [6.45, 7) is 0. The predicted molar refractivity (Wildman–Crippen MR) is 84.2 cm³/mol. The van der Waals surface area contributed by atoms with Crippen molar-refractivity contribution in [3.8, 4) is 0 Å². The average Bonchev–Trinajstić information content (AvgIpc) is 2.84. The fraction of sp³-hybridized carbons (Fsp3) is 0.278. The lowest BCUT2D eigenvalue weighted by atomic mass is 10.1. The molecule has 23 heavy (non-hydrogen) atoms. The summed E-state index contributed by atoms with van der Waals surface area (Å²) in [6.07, 6.45) is -1.89. The van der Waals surface area contributed by atoms with Crippen LogP contribution >= 0.6 is 0 Å². The van der Waals surface area contributed by atoms with Crippen LogP contribution in [0.2, 0.25) is 0 Å². The molecule has 0 spiro atoms. The minimum Gasteiger partial charge on any atom is -0.331 e. The minimum absolute atomic E-state index is 0.600. The molecule has 0 amide bonds. The van der Waals surface area contributed by atoms with E-state index in [0.717, 1.165) is 53.8 Å². The summed E-state index contributed by atoms with van der Waals surface area (Å²) in [5.74, 6) is 0.998. The van der Waals surface area contributed by atoms with Crippen molar-refractivity contribution in [3.63, 3.8) is 0 Å². The molecule has 0 aliphatic carbocycles. The maximum absolute atomic E-state index is 12.5. The Kier molecular flexibility index (Phi) is 4.11. The Hall–Kier alpha value is -2.30. The van der Waals surface area contributed by atoms with E-state index >= 15 is 0 Å². The summed E-state index contributed by atoms with van der Waals surface area (Å²) < 4.78 is 39.7. The second-order valence-electron chi connectivity index (χ2n) is 5.62. The Morgan fingerprint density at radius 2 is 1.65 bits per heavy atom. The van der Waals surface area contributed by atoms with Gasteiger partial charge >= 0.3 is 6.18 Å². The molecule has 120 valence electrons. The van der Waals surface area contributed by atoms with Crippen LogP contribution in [0.25, 0.3) is 11.0 Å². The monoisotopic (exact) mass is 318 g/mol. The number of aryl methyl sites for hydroxylation is 3. The van der Waals surface area contributed by atoms with Crippen LogP contribution in [0.15, 0.2) is 48.5 Å². The molecule has 0 aliphatic heterocycles. The highest BCUT2D eigenvalue weighted by Gasteiger charge is 2.29. The smallest absolute Gasteiger partial charge is 0.331 e. The van der Waals surface area contributed by atoms with Gasteiger partial charge in [-0.2, -0.15) is 13.2 Å². The zero-order chi connectivity index (χ0) is 16.4. The van der Waals surface area contributed by atoms with E-state index in [4.69, 9.17) is 0 Å². The lowest BCUT2D eigenvalue weighted by molar-refractivity contribution is -0.137. The molecule has 3 rings (SSSR count). The van der Waals surface area contributed by atoms with Crippen molar-refractivity contribution >= 4 is 11.0 Å². The van der Waals surface area contributed by atoms with E-state index in [0.29, 0.717) is 0 Å². The van der Waals surface area contributed by atoms with E-state index in [9.17, 15) is 13.2 Å². The first-order chi connectivity index (χ1) is 10.9. The van der Waals surface area contributed by atoms with E-state index in [1.165, 1.54) is 0 Å². The van der Waals surface area contributed by atoms with Gasteiger partial charge in [-0.3, -0.25) is 0 Å². The van der Waals surface area contributed by atoms with Crippen molar-refractivity contribution < 1.29 is 13.2 Å². The minimum atomic E-state index is -4.27. The number of rotatable bonds is 4. The molecular weight excluding hydrogens is 301 g/mol. The topological polar surface area (TPSA) is 17.8 Å². The van der Waals surface area contributed by atoms with Gasteiger partial charge in [0.05, 0.1) is 16.6 Å². The number of nitrogens with zero attached hydrogens (tertiary/aromatic N) is 2. The standard InChI is InChI=1S/C18H17F3N2/c1-23-16-7-3-2-6-15(16)22-17(23)8-4-5-13-9-11-14(12-10-13)18(19,20)21/h2-3,6-7,9-12H,4-5,8H2,1H3. The number of hydrogen-bond donors (Lipinski definition) is 0. The van der Waals surface area contributed by atoms with E-state index in [1.54, 1.807) is 12.1 Å². The zero-order valence-corrected chi connectivity index (χ0v) is 12.8. The van der Waals surface area contributed by atoms with Crippen LogP contribution in [0, 0.1) is 0 Å². The van der Waals surface area contributed by atoms with Gasteiger partial charge in [0.1, 0.15) is 5.82 Å².